The number of ether oxygens (including phenoxy) is 2. The van der Waals surface area contributed by atoms with E-state index >= 15 is 0 Å². The number of pyridine rings is 1. The highest BCUT2D eigenvalue weighted by Crippen LogP contribution is 2.28. The number of methoxy groups -OCH3 is 1. The number of amides is 2. The first-order chi connectivity index (χ1) is 19.8. The van der Waals surface area contributed by atoms with Gasteiger partial charge in [0, 0.05) is 38.9 Å². The molecule has 0 saturated carbocycles. The Morgan fingerprint density at radius 3 is 2.17 bits per heavy atom. The van der Waals surface area contributed by atoms with Crippen molar-refractivity contribution < 1.29 is 28.7 Å². The molecule has 9 nitrogen and oxygen atoms in total. The fourth-order valence-electron chi connectivity index (χ4n) is 5.04. The second kappa shape index (κ2) is 16.6. The Kier molecular flexibility index (Phi) is 13.6. The number of carbonyl (C=O) groups excluding carboxylic acids is 4. The van der Waals surface area contributed by atoms with Gasteiger partial charge in [0.2, 0.25) is 5.91 Å². The van der Waals surface area contributed by atoms with E-state index in [1.165, 1.54) is 14.0 Å². The summed E-state index contributed by atoms with van der Waals surface area (Å²) in [5.74, 6) is -1.31. The fraction of sp³-hybridized carbons (Fsp3) is 0.545. The van der Waals surface area contributed by atoms with Crippen molar-refractivity contribution in [3.05, 3.63) is 65.5 Å². The number of esters is 2. The monoisotopic (exact) mass is 581 g/mol. The van der Waals surface area contributed by atoms with Gasteiger partial charge in [0.1, 0.15) is 11.8 Å². The predicted molar refractivity (Wildman–Crippen MR) is 161 cm³/mol. The number of rotatable bonds is 15. The SMILES string of the molecule is COC(=O)[C@@H](C)C[C@H](Cc1ccccc1)NC(=O)c1cccc([C@@H](CC(C(C)C)N(C)C(=O)CC(C)C)OC(C)=O)n1. The van der Waals surface area contributed by atoms with Crippen molar-refractivity contribution in [1.29, 1.82) is 0 Å². The summed E-state index contributed by atoms with van der Waals surface area (Å²) in [6, 6.07) is 14.2. The highest BCUT2D eigenvalue weighted by atomic mass is 16.5. The molecule has 9 heteroatoms. The van der Waals surface area contributed by atoms with Crippen LogP contribution in [0.15, 0.2) is 48.5 Å². The van der Waals surface area contributed by atoms with Crippen LogP contribution in [0.2, 0.25) is 0 Å². The van der Waals surface area contributed by atoms with Crippen molar-refractivity contribution in [2.45, 2.75) is 85.4 Å². The van der Waals surface area contributed by atoms with Crippen LogP contribution in [-0.4, -0.2) is 59.9 Å². The standard InChI is InChI=1S/C33H47N3O6/c1-21(2)17-31(38)36(7)29(22(3)4)20-30(42-24(6)37)27-15-12-16-28(35-27)32(39)34-26(18-23(5)33(40)41-8)19-25-13-10-9-11-14-25/h9-16,21-23,26,29-30H,17-20H2,1-8H3,(H,34,39)/t23-,26+,29?,30+/m0/s1. The van der Waals surface area contributed by atoms with Crippen LogP contribution in [0.5, 0.6) is 0 Å². The van der Waals surface area contributed by atoms with Gasteiger partial charge < -0.3 is 19.7 Å². The summed E-state index contributed by atoms with van der Waals surface area (Å²) in [4.78, 5) is 56.9. The molecule has 1 N–H and O–H groups in total. The maximum absolute atomic E-state index is 13.4. The number of hydrogen-bond donors (Lipinski definition) is 1. The summed E-state index contributed by atoms with van der Waals surface area (Å²) in [6.45, 7) is 11.1. The number of nitrogens with one attached hydrogen (secondary N) is 1. The minimum absolute atomic E-state index is 0.0250. The van der Waals surface area contributed by atoms with Crippen LogP contribution >= 0.6 is 0 Å². The first-order valence-electron chi connectivity index (χ1n) is 14.6. The molecule has 2 amide bonds. The van der Waals surface area contributed by atoms with Crippen LogP contribution in [0.1, 0.15) is 88.7 Å². The van der Waals surface area contributed by atoms with E-state index in [-0.39, 0.29) is 41.5 Å². The molecule has 0 radical (unpaired) electrons. The molecular weight excluding hydrogens is 534 g/mol. The maximum Gasteiger partial charge on any atom is 0.308 e. The third-order valence-electron chi connectivity index (χ3n) is 7.24. The Morgan fingerprint density at radius 1 is 0.929 bits per heavy atom. The van der Waals surface area contributed by atoms with Crippen LogP contribution in [-0.2, 0) is 30.3 Å². The van der Waals surface area contributed by atoms with Gasteiger partial charge in [0.15, 0.2) is 0 Å². The Bertz CT molecular complexity index is 1180. The minimum atomic E-state index is -0.753. The molecule has 2 aromatic rings. The number of benzene rings is 1. The van der Waals surface area contributed by atoms with E-state index < -0.39 is 23.9 Å². The lowest BCUT2D eigenvalue weighted by molar-refractivity contribution is -0.149. The smallest absolute Gasteiger partial charge is 0.308 e. The molecule has 0 fully saturated rings. The van der Waals surface area contributed by atoms with Gasteiger partial charge in [-0.3, -0.25) is 19.2 Å². The lowest BCUT2D eigenvalue weighted by atomic mass is 9.94. The van der Waals surface area contributed by atoms with Crippen molar-refractivity contribution in [1.82, 2.24) is 15.2 Å². The molecule has 230 valence electrons. The fourth-order valence-corrected chi connectivity index (χ4v) is 5.04. The second-order valence-electron chi connectivity index (χ2n) is 11.7. The van der Waals surface area contributed by atoms with E-state index in [2.05, 4.69) is 10.3 Å². The molecular formula is C33H47N3O6. The normalized spacial score (nSPS) is 14.0. The maximum atomic E-state index is 13.4. The van der Waals surface area contributed by atoms with Gasteiger partial charge in [-0.05, 0) is 42.4 Å². The molecule has 42 heavy (non-hydrogen) atoms. The zero-order valence-corrected chi connectivity index (χ0v) is 26.3. The van der Waals surface area contributed by atoms with Gasteiger partial charge in [-0.1, -0.05) is 71.0 Å². The molecule has 1 heterocycles. The highest BCUT2D eigenvalue weighted by Gasteiger charge is 2.30. The molecule has 0 aliphatic carbocycles. The van der Waals surface area contributed by atoms with Gasteiger partial charge in [-0.25, -0.2) is 4.98 Å². The van der Waals surface area contributed by atoms with E-state index in [9.17, 15) is 19.2 Å². The van der Waals surface area contributed by atoms with Gasteiger partial charge >= 0.3 is 11.9 Å². The average molecular weight is 582 g/mol. The predicted octanol–water partition coefficient (Wildman–Crippen LogP) is 5.15. The highest BCUT2D eigenvalue weighted by molar-refractivity contribution is 5.92. The third kappa shape index (κ3) is 10.9. The molecule has 0 spiro atoms. The molecule has 1 aromatic carbocycles. The van der Waals surface area contributed by atoms with Crippen molar-refractivity contribution >= 4 is 23.8 Å². The molecule has 0 bridgehead atoms. The first kappa shape index (κ1) is 34.5. The zero-order chi connectivity index (χ0) is 31.4. The molecule has 2 rings (SSSR count). The molecule has 0 aliphatic heterocycles. The topological polar surface area (TPSA) is 115 Å². The molecule has 1 unspecified atom stereocenters. The van der Waals surface area contributed by atoms with E-state index in [1.54, 1.807) is 37.1 Å². The second-order valence-corrected chi connectivity index (χ2v) is 11.7. The van der Waals surface area contributed by atoms with Crippen molar-refractivity contribution in [2.24, 2.45) is 17.8 Å². The number of aromatic nitrogens is 1. The van der Waals surface area contributed by atoms with E-state index in [1.807, 2.05) is 58.0 Å². The van der Waals surface area contributed by atoms with Crippen LogP contribution in [0, 0.1) is 17.8 Å². The van der Waals surface area contributed by atoms with E-state index in [4.69, 9.17) is 9.47 Å². The van der Waals surface area contributed by atoms with Crippen LogP contribution in [0.3, 0.4) is 0 Å². The van der Waals surface area contributed by atoms with E-state index in [0.29, 0.717) is 31.4 Å². The summed E-state index contributed by atoms with van der Waals surface area (Å²) in [5, 5.41) is 3.04. The third-order valence-corrected chi connectivity index (χ3v) is 7.24. The summed E-state index contributed by atoms with van der Waals surface area (Å²) in [5.41, 5.74) is 1.61. The van der Waals surface area contributed by atoms with Crippen LogP contribution in [0.25, 0.3) is 0 Å². The lowest BCUT2D eigenvalue weighted by Gasteiger charge is -2.34. The Hall–Kier alpha value is -3.75. The van der Waals surface area contributed by atoms with Crippen LogP contribution < -0.4 is 5.32 Å². The van der Waals surface area contributed by atoms with E-state index in [0.717, 1.165) is 5.56 Å². The molecule has 0 saturated heterocycles. The van der Waals surface area contributed by atoms with Crippen LogP contribution in [0.4, 0.5) is 0 Å². The summed E-state index contributed by atoms with van der Waals surface area (Å²) < 4.78 is 10.6. The number of carbonyl (C=O) groups is 4. The minimum Gasteiger partial charge on any atom is -0.469 e. The van der Waals surface area contributed by atoms with Gasteiger partial charge in [-0.15, -0.1) is 0 Å². The zero-order valence-electron chi connectivity index (χ0n) is 26.3. The number of nitrogens with zero attached hydrogens (tertiary/aromatic N) is 2. The first-order valence-corrected chi connectivity index (χ1v) is 14.6. The average Bonchev–Trinajstić information content (AvgIpc) is 2.94. The summed E-state index contributed by atoms with van der Waals surface area (Å²) >= 11 is 0. The Balaban J connectivity index is 2.32. The Labute approximate surface area is 250 Å². The molecule has 1 aromatic heterocycles. The lowest BCUT2D eigenvalue weighted by Crippen LogP contribution is -2.42. The van der Waals surface area contributed by atoms with Crippen molar-refractivity contribution in [3.63, 3.8) is 0 Å². The van der Waals surface area contributed by atoms with Gasteiger partial charge in [-0.2, -0.15) is 0 Å². The molecule has 0 aliphatic rings. The van der Waals surface area contributed by atoms with Crippen molar-refractivity contribution in [2.75, 3.05) is 14.2 Å². The number of hydrogen-bond acceptors (Lipinski definition) is 7. The summed E-state index contributed by atoms with van der Waals surface area (Å²) in [6.07, 6.45) is 0.913. The quantitative estimate of drug-likeness (QED) is 0.290. The molecule has 4 atom stereocenters. The summed E-state index contributed by atoms with van der Waals surface area (Å²) in [7, 11) is 3.13. The van der Waals surface area contributed by atoms with Gasteiger partial charge in [0.05, 0.1) is 18.7 Å². The largest absolute Gasteiger partial charge is 0.469 e. The Morgan fingerprint density at radius 2 is 1.60 bits per heavy atom. The van der Waals surface area contributed by atoms with Crippen molar-refractivity contribution in [3.8, 4) is 0 Å². The van der Waals surface area contributed by atoms with Gasteiger partial charge in [0.25, 0.3) is 5.91 Å².